The third kappa shape index (κ3) is 3.19. The Labute approximate surface area is 116 Å². The van der Waals surface area contributed by atoms with E-state index in [0.717, 1.165) is 12.1 Å². The topological polar surface area (TPSA) is 94.1 Å². The summed E-state index contributed by atoms with van der Waals surface area (Å²) in [7, 11) is 0. The van der Waals surface area contributed by atoms with Gasteiger partial charge in [-0.3, -0.25) is 10.1 Å². The minimum Gasteiger partial charge on any atom is -0.378 e. The number of nitrogens with two attached hydrogens (primary N) is 1. The maximum Gasteiger partial charge on any atom is 0.418 e. The van der Waals surface area contributed by atoms with Crippen molar-refractivity contribution in [1.82, 2.24) is 4.98 Å². The number of halogens is 3. The highest BCUT2D eigenvalue weighted by molar-refractivity contribution is 5.65. The summed E-state index contributed by atoms with van der Waals surface area (Å²) in [5.74, 6) is -0.399. The Morgan fingerprint density at radius 2 is 1.86 bits per heavy atom. The van der Waals surface area contributed by atoms with Crippen molar-refractivity contribution in [3.8, 4) is 0 Å². The van der Waals surface area contributed by atoms with Crippen LogP contribution in [0.3, 0.4) is 0 Å². The summed E-state index contributed by atoms with van der Waals surface area (Å²) in [6.07, 6.45) is -4.53. The van der Waals surface area contributed by atoms with E-state index in [4.69, 9.17) is 5.73 Å². The van der Waals surface area contributed by atoms with Crippen LogP contribution in [0.15, 0.2) is 36.4 Å². The first-order valence-electron chi connectivity index (χ1n) is 5.63. The molecule has 0 aliphatic carbocycles. The zero-order chi connectivity index (χ0) is 15.6. The van der Waals surface area contributed by atoms with Crippen LogP contribution in [-0.4, -0.2) is 9.91 Å². The molecule has 1 heterocycles. The highest BCUT2D eigenvalue weighted by Gasteiger charge is 2.33. The molecular formula is C12H9F3N4O2. The second-order valence-electron chi connectivity index (χ2n) is 4.03. The molecule has 1 aromatic carbocycles. The molecule has 0 saturated heterocycles. The van der Waals surface area contributed by atoms with Crippen molar-refractivity contribution >= 4 is 23.0 Å². The lowest BCUT2D eigenvalue weighted by Gasteiger charge is -2.13. The highest BCUT2D eigenvalue weighted by atomic mass is 19.4. The molecule has 3 N–H and O–H groups in total. The summed E-state index contributed by atoms with van der Waals surface area (Å²) < 4.78 is 38.5. The van der Waals surface area contributed by atoms with Crippen molar-refractivity contribution in [3.63, 3.8) is 0 Å². The predicted molar refractivity (Wildman–Crippen MR) is 70.0 cm³/mol. The van der Waals surface area contributed by atoms with Crippen molar-refractivity contribution in [1.29, 1.82) is 0 Å². The second-order valence-corrected chi connectivity index (χ2v) is 4.03. The number of hydrogen-bond donors (Lipinski definition) is 2. The summed E-state index contributed by atoms with van der Waals surface area (Å²) in [4.78, 5) is 13.5. The van der Waals surface area contributed by atoms with Gasteiger partial charge in [0.1, 0.15) is 5.82 Å². The summed E-state index contributed by atoms with van der Waals surface area (Å²) in [6.45, 7) is 0. The van der Waals surface area contributed by atoms with Crippen LogP contribution >= 0.6 is 0 Å². The number of pyridine rings is 1. The molecule has 0 aliphatic heterocycles. The standard InChI is InChI=1S/C12H9F3N4O2/c13-12(14,15)7-3-1-2-4-8(7)17-10-6-5-9(19(20)21)11(16)18-10/h1-6H,(H3,16,17,18). The van der Waals surface area contributed by atoms with Crippen LogP contribution in [0, 0.1) is 10.1 Å². The number of alkyl halides is 3. The van der Waals surface area contributed by atoms with E-state index in [1.807, 2.05) is 0 Å². The number of benzene rings is 1. The highest BCUT2D eigenvalue weighted by Crippen LogP contribution is 2.35. The number of para-hydroxylation sites is 1. The van der Waals surface area contributed by atoms with Crippen molar-refractivity contribution in [2.24, 2.45) is 0 Å². The zero-order valence-electron chi connectivity index (χ0n) is 10.4. The monoisotopic (exact) mass is 298 g/mol. The third-order valence-electron chi connectivity index (χ3n) is 2.59. The van der Waals surface area contributed by atoms with Gasteiger partial charge in [-0.25, -0.2) is 4.98 Å². The normalized spacial score (nSPS) is 11.2. The number of nitro groups is 1. The summed E-state index contributed by atoms with van der Waals surface area (Å²) in [5, 5.41) is 13.0. The average molecular weight is 298 g/mol. The van der Waals surface area contributed by atoms with Gasteiger partial charge < -0.3 is 11.1 Å². The van der Waals surface area contributed by atoms with E-state index in [9.17, 15) is 23.3 Å². The Hall–Kier alpha value is -2.84. The number of nitrogen functional groups attached to an aromatic ring is 1. The zero-order valence-corrected chi connectivity index (χ0v) is 10.4. The van der Waals surface area contributed by atoms with Gasteiger partial charge in [-0.05, 0) is 18.2 Å². The molecule has 0 atom stereocenters. The lowest BCUT2D eigenvalue weighted by molar-refractivity contribution is -0.384. The number of anilines is 3. The van der Waals surface area contributed by atoms with Crippen LogP contribution < -0.4 is 11.1 Å². The van der Waals surface area contributed by atoms with E-state index in [0.29, 0.717) is 0 Å². The SMILES string of the molecule is Nc1nc(Nc2ccccc2C(F)(F)F)ccc1[N+](=O)[O-]. The van der Waals surface area contributed by atoms with E-state index >= 15 is 0 Å². The Morgan fingerprint density at radius 3 is 2.43 bits per heavy atom. The average Bonchev–Trinajstić information content (AvgIpc) is 2.37. The lowest BCUT2D eigenvalue weighted by atomic mass is 10.1. The summed E-state index contributed by atoms with van der Waals surface area (Å²) in [6, 6.07) is 7.07. The molecular weight excluding hydrogens is 289 g/mol. The van der Waals surface area contributed by atoms with Gasteiger partial charge in [0, 0.05) is 6.07 Å². The molecule has 0 saturated carbocycles. The van der Waals surface area contributed by atoms with Crippen LogP contribution in [0.5, 0.6) is 0 Å². The first kappa shape index (κ1) is 14.6. The van der Waals surface area contributed by atoms with E-state index < -0.39 is 22.4 Å². The smallest absolute Gasteiger partial charge is 0.378 e. The van der Waals surface area contributed by atoms with Gasteiger partial charge in [0.2, 0.25) is 5.82 Å². The quantitative estimate of drug-likeness (QED) is 0.669. The molecule has 110 valence electrons. The molecule has 6 nitrogen and oxygen atoms in total. The molecule has 9 heteroatoms. The maximum absolute atomic E-state index is 12.8. The largest absolute Gasteiger partial charge is 0.418 e. The number of hydrogen-bond acceptors (Lipinski definition) is 5. The van der Waals surface area contributed by atoms with Gasteiger partial charge in [0.15, 0.2) is 0 Å². The Balaban J connectivity index is 2.35. The Bertz CT molecular complexity index is 688. The lowest BCUT2D eigenvalue weighted by Crippen LogP contribution is -2.09. The van der Waals surface area contributed by atoms with Crippen LogP contribution in [0.2, 0.25) is 0 Å². The molecule has 0 unspecified atom stereocenters. The Morgan fingerprint density at radius 1 is 1.19 bits per heavy atom. The van der Waals surface area contributed by atoms with Gasteiger partial charge in [0.05, 0.1) is 16.2 Å². The fourth-order valence-corrected chi connectivity index (χ4v) is 1.67. The minimum absolute atomic E-state index is 0.0187. The third-order valence-corrected chi connectivity index (χ3v) is 2.59. The Kier molecular flexibility index (Phi) is 3.66. The van der Waals surface area contributed by atoms with Crippen LogP contribution in [-0.2, 0) is 6.18 Å². The molecule has 1 aromatic heterocycles. The fourth-order valence-electron chi connectivity index (χ4n) is 1.67. The summed E-state index contributed by atoms with van der Waals surface area (Å²) >= 11 is 0. The predicted octanol–water partition coefficient (Wildman–Crippen LogP) is 3.33. The molecule has 21 heavy (non-hydrogen) atoms. The van der Waals surface area contributed by atoms with Gasteiger partial charge in [-0.2, -0.15) is 13.2 Å². The minimum atomic E-state index is -4.53. The molecule has 2 aromatic rings. The van der Waals surface area contributed by atoms with Crippen LogP contribution in [0.4, 0.5) is 36.2 Å². The molecule has 0 bridgehead atoms. The molecule has 0 aliphatic rings. The van der Waals surface area contributed by atoms with Crippen molar-refractivity contribution < 1.29 is 18.1 Å². The second kappa shape index (κ2) is 5.27. The first-order chi connectivity index (χ1) is 9.79. The van der Waals surface area contributed by atoms with E-state index in [1.54, 1.807) is 0 Å². The number of aromatic nitrogens is 1. The molecule has 0 amide bonds. The van der Waals surface area contributed by atoms with Crippen LogP contribution in [0.25, 0.3) is 0 Å². The number of rotatable bonds is 3. The molecule has 0 spiro atoms. The van der Waals surface area contributed by atoms with Crippen molar-refractivity contribution in [2.75, 3.05) is 11.1 Å². The van der Waals surface area contributed by atoms with E-state index in [1.165, 1.54) is 24.3 Å². The van der Waals surface area contributed by atoms with Gasteiger partial charge in [-0.15, -0.1) is 0 Å². The van der Waals surface area contributed by atoms with Gasteiger partial charge >= 0.3 is 11.9 Å². The molecule has 0 radical (unpaired) electrons. The number of nitrogens with zero attached hydrogens (tertiary/aromatic N) is 2. The first-order valence-corrected chi connectivity index (χ1v) is 5.63. The fraction of sp³-hybridized carbons (Fsp3) is 0.0833. The van der Waals surface area contributed by atoms with E-state index in [-0.39, 0.29) is 17.3 Å². The van der Waals surface area contributed by atoms with Crippen molar-refractivity contribution in [3.05, 3.63) is 52.1 Å². The number of nitrogens with one attached hydrogen (secondary N) is 1. The molecule has 2 rings (SSSR count). The van der Waals surface area contributed by atoms with Gasteiger partial charge in [-0.1, -0.05) is 12.1 Å². The van der Waals surface area contributed by atoms with Crippen LogP contribution in [0.1, 0.15) is 5.56 Å². The van der Waals surface area contributed by atoms with Gasteiger partial charge in [0.25, 0.3) is 0 Å². The maximum atomic E-state index is 12.8. The summed E-state index contributed by atoms with van der Waals surface area (Å²) in [5.41, 5.74) is 3.88. The molecule has 0 fully saturated rings. The van der Waals surface area contributed by atoms with Crippen molar-refractivity contribution in [2.45, 2.75) is 6.18 Å². The van der Waals surface area contributed by atoms with E-state index in [2.05, 4.69) is 10.3 Å².